The fraction of sp³-hybridized carbons (Fsp3) is 0.907. The SMILES string of the molecule is CCCCCCCCCCC/C=C/CC/C=C/C(O)C(COP(=O)(O)OCC[N+](C)(C)C)NC(=O)CCCCCCCCCCCCCCCCCCCCCCCCCCCC. The van der Waals surface area contributed by atoms with Crippen LogP contribution in [0.25, 0.3) is 0 Å². The van der Waals surface area contributed by atoms with E-state index in [1.807, 2.05) is 27.2 Å². The van der Waals surface area contributed by atoms with Crippen LogP contribution in [0.15, 0.2) is 24.3 Å². The van der Waals surface area contributed by atoms with Crippen molar-refractivity contribution >= 4 is 13.7 Å². The van der Waals surface area contributed by atoms with Gasteiger partial charge in [-0.2, -0.15) is 0 Å². The van der Waals surface area contributed by atoms with Gasteiger partial charge in [0.15, 0.2) is 0 Å². The number of hydrogen-bond acceptors (Lipinski definition) is 5. The number of nitrogens with one attached hydrogen (secondary N) is 1. The van der Waals surface area contributed by atoms with E-state index in [-0.39, 0.29) is 19.1 Å². The van der Waals surface area contributed by atoms with Crippen LogP contribution in [-0.4, -0.2) is 73.4 Å². The molecule has 0 aliphatic rings. The molecule has 0 aliphatic carbocycles. The van der Waals surface area contributed by atoms with Crippen molar-refractivity contribution in [2.75, 3.05) is 40.9 Å². The smallest absolute Gasteiger partial charge is 0.387 e. The summed E-state index contributed by atoms with van der Waals surface area (Å²) >= 11 is 0. The number of amides is 1. The van der Waals surface area contributed by atoms with E-state index < -0.39 is 20.0 Å². The Morgan fingerprint density at radius 3 is 1.27 bits per heavy atom. The highest BCUT2D eigenvalue weighted by atomic mass is 31.2. The molecule has 0 saturated heterocycles. The van der Waals surface area contributed by atoms with Crippen molar-refractivity contribution in [3.63, 3.8) is 0 Å². The van der Waals surface area contributed by atoms with Crippen LogP contribution >= 0.6 is 7.82 Å². The second-order valence-electron chi connectivity index (χ2n) is 20.0. The van der Waals surface area contributed by atoms with E-state index in [4.69, 9.17) is 9.05 Å². The Bertz CT molecular complexity index is 1080. The molecule has 3 N–H and O–H groups in total. The van der Waals surface area contributed by atoms with Crippen molar-refractivity contribution in [2.24, 2.45) is 0 Å². The first kappa shape index (κ1) is 62.0. The van der Waals surface area contributed by atoms with E-state index in [1.54, 1.807) is 6.08 Å². The van der Waals surface area contributed by atoms with Crippen LogP contribution in [0.3, 0.4) is 0 Å². The van der Waals surface area contributed by atoms with Gasteiger partial charge in [-0.05, 0) is 32.1 Å². The van der Waals surface area contributed by atoms with Gasteiger partial charge in [0.25, 0.3) is 0 Å². The summed E-state index contributed by atoms with van der Waals surface area (Å²) < 4.78 is 23.6. The van der Waals surface area contributed by atoms with Gasteiger partial charge < -0.3 is 19.8 Å². The number of aliphatic hydroxyl groups excluding tert-OH is 1. The maximum absolute atomic E-state index is 12.9. The molecule has 0 aromatic heterocycles. The number of aliphatic hydroxyl groups is 1. The van der Waals surface area contributed by atoms with Gasteiger partial charge in [0.1, 0.15) is 13.2 Å². The first-order valence-electron chi connectivity index (χ1n) is 27.2. The molecular weight excluding hydrogens is 804 g/mol. The Hall–Kier alpha value is -1.02. The Kier molecular flexibility index (Phi) is 45.4. The number of likely N-dealkylation sites (N-methyl/N-ethyl adjacent to an activating group) is 1. The van der Waals surface area contributed by atoms with Gasteiger partial charge in [0.05, 0.1) is 39.9 Å². The zero-order chi connectivity index (χ0) is 46.4. The third-order valence-electron chi connectivity index (χ3n) is 12.4. The molecule has 8 nitrogen and oxygen atoms in total. The van der Waals surface area contributed by atoms with Crippen LogP contribution in [0.5, 0.6) is 0 Å². The second-order valence-corrected chi connectivity index (χ2v) is 21.4. The Morgan fingerprint density at radius 2 is 0.873 bits per heavy atom. The minimum Gasteiger partial charge on any atom is -0.387 e. The Labute approximate surface area is 392 Å². The number of carbonyl (C=O) groups is 1. The molecule has 9 heteroatoms. The number of hydrogen-bond donors (Lipinski definition) is 3. The summed E-state index contributed by atoms with van der Waals surface area (Å²) in [6.07, 6.45) is 57.1. The summed E-state index contributed by atoms with van der Waals surface area (Å²) in [6.45, 7) is 4.82. The van der Waals surface area contributed by atoms with Gasteiger partial charge in [-0.15, -0.1) is 0 Å². The van der Waals surface area contributed by atoms with Crippen molar-refractivity contribution in [3.05, 3.63) is 24.3 Å². The van der Waals surface area contributed by atoms with Gasteiger partial charge in [0, 0.05) is 6.42 Å². The van der Waals surface area contributed by atoms with Crippen molar-refractivity contribution in [2.45, 2.75) is 276 Å². The van der Waals surface area contributed by atoms with Crippen molar-refractivity contribution in [1.82, 2.24) is 5.32 Å². The summed E-state index contributed by atoms with van der Waals surface area (Å²) in [7, 11) is 1.57. The summed E-state index contributed by atoms with van der Waals surface area (Å²) in [6, 6.07) is -0.859. The average molecular weight is 912 g/mol. The monoisotopic (exact) mass is 912 g/mol. The quantitative estimate of drug-likeness (QED) is 0.0243. The number of phosphoric ester groups is 1. The lowest BCUT2D eigenvalue weighted by Crippen LogP contribution is -2.45. The molecule has 374 valence electrons. The highest BCUT2D eigenvalue weighted by Crippen LogP contribution is 2.43. The minimum absolute atomic E-state index is 0.0585. The third kappa shape index (κ3) is 48.7. The molecule has 0 aliphatic heterocycles. The maximum Gasteiger partial charge on any atom is 0.472 e. The van der Waals surface area contributed by atoms with Gasteiger partial charge in [-0.25, -0.2) is 4.57 Å². The third-order valence-corrected chi connectivity index (χ3v) is 13.4. The number of allylic oxidation sites excluding steroid dienone is 3. The van der Waals surface area contributed by atoms with Crippen molar-refractivity contribution in [3.8, 4) is 0 Å². The largest absolute Gasteiger partial charge is 0.472 e. The molecule has 1 amide bonds. The van der Waals surface area contributed by atoms with Gasteiger partial charge >= 0.3 is 7.82 Å². The van der Waals surface area contributed by atoms with Crippen molar-refractivity contribution < 1.29 is 32.9 Å². The highest BCUT2D eigenvalue weighted by Gasteiger charge is 2.27. The average Bonchev–Trinajstić information content (AvgIpc) is 3.24. The van der Waals surface area contributed by atoms with E-state index in [1.165, 1.54) is 205 Å². The summed E-state index contributed by atoms with van der Waals surface area (Å²) in [5.41, 5.74) is 0. The van der Waals surface area contributed by atoms with Crippen LogP contribution in [0.4, 0.5) is 0 Å². The summed E-state index contributed by atoms with van der Waals surface area (Å²) in [4.78, 5) is 23.2. The summed E-state index contributed by atoms with van der Waals surface area (Å²) in [5, 5.41) is 13.9. The van der Waals surface area contributed by atoms with Gasteiger partial charge in [-0.1, -0.05) is 250 Å². The molecule has 0 fully saturated rings. The van der Waals surface area contributed by atoms with E-state index in [9.17, 15) is 19.4 Å². The fourth-order valence-corrected chi connectivity index (χ4v) is 8.85. The topological polar surface area (TPSA) is 105 Å². The number of carbonyl (C=O) groups excluding carboxylic acids is 1. The van der Waals surface area contributed by atoms with Crippen molar-refractivity contribution in [1.29, 1.82) is 0 Å². The molecule has 0 radical (unpaired) electrons. The standard InChI is InChI=1S/C54H107N2O6P/c1-6-8-10-12-14-16-18-20-22-23-24-25-26-27-28-29-30-31-32-34-36-38-40-42-44-46-48-54(58)55-52(51-62-63(59,60)61-50-49-56(3,4)5)53(57)47-45-43-41-39-37-35-33-21-19-17-15-13-11-9-7-2/h37,39,45,47,52-53,57H,6-36,38,40-44,46,48-51H2,1-5H3,(H-,55,58,59,60)/p+1/b39-37+,47-45+. The molecule has 0 rings (SSSR count). The fourth-order valence-electron chi connectivity index (χ4n) is 8.12. The first-order chi connectivity index (χ1) is 30.5. The molecule has 3 unspecified atom stereocenters. The van der Waals surface area contributed by atoms with Gasteiger partial charge in [0.2, 0.25) is 5.91 Å². The zero-order valence-electron chi connectivity index (χ0n) is 42.6. The second kappa shape index (κ2) is 46.1. The predicted octanol–water partition coefficient (Wildman–Crippen LogP) is 16.0. The van der Waals surface area contributed by atoms with Crippen LogP contribution < -0.4 is 5.32 Å². The Morgan fingerprint density at radius 1 is 0.524 bits per heavy atom. The lowest BCUT2D eigenvalue weighted by molar-refractivity contribution is -0.870. The minimum atomic E-state index is -4.35. The van der Waals surface area contributed by atoms with Crippen LogP contribution in [0, 0.1) is 0 Å². The molecule has 0 heterocycles. The molecule has 3 atom stereocenters. The number of nitrogens with zero attached hydrogens (tertiary/aromatic N) is 1. The number of rotatable bonds is 50. The number of unbranched alkanes of at least 4 members (excludes halogenated alkanes) is 35. The highest BCUT2D eigenvalue weighted by molar-refractivity contribution is 7.47. The van der Waals surface area contributed by atoms with E-state index >= 15 is 0 Å². The first-order valence-corrected chi connectivity index (χ1v) is 28.7. The molecule has 0 aromatic rings. The van der Waals surface area contributed by atoms with E-state index in [0.29, 0.717) is 17.4 Å². The lowest BCUT2D eigenvalue weighted by atomic mass is 10.0. The lowest BCUT2D eigenvalue weighted by Gasteiger charge is -2.25. The normalized spacial score (nSPS) is 14.2. The van der Waals surface area contributed by atoms with Crippen LogP contribution in [-0.2, 0) is 18.4 Å². The number of phosphoric acid groups is 1. The van der Waals surface area contributed by atoms with Crippen LogP contribution in [0.1, 0.15) is 264 Å². The maximum atomic E-state index is 12.9. The van der Waals surface area contributed by atoms with E-state index in [2.05, 4.69) is 31.3 Å². The van der Waals surface area contributed by atoms with E-state index in [0.717, 1.165) is 38.5 Å². The molecule has 0 bridgehead atoms. The zero-order valence-corrected chi connectivity index (χ0v) is 43.5. The summed E-state index contributed by atoms with van der Waals surface area (Å²) in [5.74, 6) is -0.182. The molecule has 0 spiro atoms. The molecule has 0 aromatic carbocycles. The molecule has 63 heavy (non-hydrogen) atoms. The Balaban J connectivity index is 4.17. The van der Waals surface area contributed by atoms with Gasteiger partial charge in [-0.3, -0.25) is 13.8 Å². The number of quaternary nitrogens is 1. The van der Waals surface area contributed by atoms with Crippen LogP contribution in [0.2, 0.25) is 0 Å². The predicted molar refractivity (Wildman–Crippen MR) is 272 cm³/mol. The molecular formula is C54H108N2O6P+. The molecule has 0 saturated carbocycles.